The third-order valence-electron chi connectivity index (χ3n) is 4.22. The molecule has 5 nitrogen and oxygen atoms in total. The van der Waals surface area contributed by atoms with Crippen molar-refractivity contribution in [3.8, 4) is 10.7 Å². The minimum atomic E-state index is 0.0314. The van der Waals surface area contributed by atoms with E-state index in [0.717, 1.165) is 35.2 Å². The van der Waals surface area contributed by atoms with Crippen molar-refractivity contribution in [2.45, 2.75) is 44.4 Å². The summed E-state index contributed by atoms with van der Waals surface area (Å²) in [4.78, 5) is 13.4. The minimum Gasteiger partial charge on any atom is -0.353 e. The van der Waals surface area contributed by atoms with Crippen molar-refractivity contribution in [3.05, 3.63) is 53.4 Å². The van der Waals surface area contributed by atoms with E-state index in [1.807, 2.05) is 35.7 Å². The Morgan fingerprint density at radius 3 is 2.74 bits per heavy atom. The molecule has 1 atom stereocenters. The van der Waals surface area contributed by atoms with E-state index in [9.17, 15) is 4.79 Å². The van der Waals surface area contributed by atoms with Crippen LogP contribution in [0.25, 0.3) is 10.7 Å². The SMILES string of the molecule is CCn1c(SCC(=O)N[C@H](C)CCc2ccccc2)nnc1-c1cccs1. The summed E-state index contributed by atoms with van der Waals surface area (Å²) in [6, 6.07) is 14.5. The Kier molecular flexibility index (Phi) is 7.06. The van der Waals surface area contributed by atoms with Gasteiger partial charge in [-0.1, -0.05) is 48.2 Å². The molecule has 0 radical (unpaired) electrons. The first kappa shape index (κ1) is 19.6. The number of hydrogen-bond acceptors (Lipinski definition) is 5. The Morgan fingerprint density at radius 2 is 2.04 bits per heavy atom. The number of nitrogens with zero attached hydrogens (tertiary/aromatic N) is 3. The molecule has 0 spiro atoms. The van der Waals surface area contributed by atoms with Crippen LogP contribution >= 0.6 is 23.1 Å². The van der Waals surface area contributed by atoms with Gasteiger partial charge in [-0.2, -0.15) is 0 Å². The molecule has 142 valence electrons. The molecular formula is C20H24N4OS2. The number of nitrogens with one attached hydrogen (secondary N) is 1. The fourth-order valence-electron chi connectivity index (χ4n) is 2.82. The highest BCUT2D eigenvalue weighted by molar-refractivity contribution is 7.99. The van der Waals surface area contributed by atoms with Gasteiger partial charge in [-0.25, -0.2) is 0 Å². The molecule has 2 aromatic heterocycles. The van der Waals surface area contributed by atoms with E-state index in [1.165, 1.54) is 17.3 Å². The summed E-state index contributed by atoms with van der Waals surface area (Å²) in [6.45, 7) is 4.89. The molecule has 1 amide bonds. The lowest BCUT2D eigenvalue weighted by Gasteiger charge is -2.14. The maximum absolute atomic E-state index is 12.3. The fourth-order valence-corrected chi connectivity index (χ4v) is 4.35. The molecule has 0 saturated heterocycles. The van der Waals surface area contributed by atoms with Gasteiger partial charge in [-0.15, -0.1) is 21.5 Å². The van der Waals surface area contributed by atoms with E-state index < -0.39 is 0 Å². The zero-order chi connectivity index (χ0) is 19.1. The first-order valence-corrected chi connectivity index (χ1v) is 11.0. The van der Waals surface area contributed by atoms with Crippen LogP contribution < -0.4 is 5.32 Å². The number of carbonyl (C=O) groups excluding carboxylic acids is 1. The molecule has 7 heteroatoms. The number of carbonyl (C=O) groups is 1. The van der Waals surface area contributed by atoms with Gasteiger partial charge in [0.15, 0.2) is 11.0 Å². The number of hydrogen-bond donors (Lipinski definition) is 1. The van der Waals surface area contributed by atoms with Gasteiger partial charge in [0, 0.05) is 12.6 Å². The molecule has 1 N–H and O–H groups in total. The van der Waals surface area contributed by atoms with Gasteiger partial charge in [0.25, 0.3) is 0 Å². The monoisotopic (exact) mass is 400 g/mol. The highest BCUT2D eigenvalue weighted by Crippen LogP contribution is 2.27. The van der Waals surface area contributed by atoms with Crippen molar-refractivity contribution >= 4 is 29.0 Å². The van der Waals surface area contributed by atoms with Crippen LogP contribution in [-0.2, 0) is 17.8 Å². The Morgan fingerprint density at radius 1 is 1.22 bits per heavy atom. The van der Waals surface area contributed by atoms with Gasteiger partial charge in [-0.3, -0.25) is 4.79 Å². The van der Waals surface area contributed by atoms with Crippen LogP contribution in [0.3, 0.4) is 0 Å². The van der Waals surface area contributed by atoms with Crippen molar-refractivity contribution in [1.82, 2.24) is 20.1 Å². The highest BCUT2D eigenvalue weighted by Gasteiger charge is 2.15. The van der Waals surface area contributed by atoms with E-state index in [1.54, 1.807) is 11.3 Å². The summed E-state index contributed by atoms with van der Waals surface area (Å²) in [7, 11) is 0. The lowest BCUT2D eigenvalue weighted by Crippen LogP contribution is -2.34. The lowest BCUT2D eigenvalue weighted by molar-refractivity contribution is -0.119. The predicted octanol–water partition coefficient (Wildman–Crippen LogP) is 4.26. The number of thiophene rings is 1. The Bertz CT molecular complexity index is 846. The summed E-state index contributed by atoms with van der Waals surface area (Å²) in [5.41, 5.74) is 1.30. The van der Waals surface area contributed by atoms with Crippen LogP contribution in [-0.4, -0.2) is 32.5 Å². The molecule has 0 aliphatic rings. The summed E-state index contributed by atoms with van der Waals surface area (Å²) in [5.74, 6) is 1.24. The van der Waals surface area contributed by atoms with Crippen LogP contribution in [0.5, 0.6) is 0 Å². The third kappa shape index (κ3) is 5.43. The number of benzene rings is 1. The fraction of sp³-hybridized carbons (Fsp3) is 0.350. The Labute approximate surface area is 168 Å². The molecule has 0 aliphatic carbocycles. The van der Waals surface area contributed by atoms with Gasteiger partial charge >= 0.3 is 0 Å². The van der Waals surface area contributed by atoms with Gasteiger partial charge in [0.1, 0.15) is 0 Å². The van der Waals surface area contributed by atoms with Gasteiger partial charge in [0.05, 0.1) is 10.6 Å². The molecule has 2 heterocycles. The van der Waals surface area contributed by atoms with Crippen LogP contribution in [0.1, 0.15) is 25.8 Å². The summed E-state index contributed by atoms with van der Waals surface area (Å²) >= 11 is 3.08. The molecule has 3 rings (SSSR count). The second kappa shape index (κ2) is 9.71. The van der Waals surface area contributed by atoms with Crippen LogP contribution in [0, 0.1) is 0 Å². The van der Waals surface area contributed by atoms with E-state index in [-0.39, 0.29) is 11.9 Å². The quantitative estimate of drug-likeness (QED) is 0.545. The zero-order valence-electron chi connectivity index (χ0n) is 15.6. The number of thioether (sulfide) groups is 1. The molecule has 0 saturated carbocycles. The lowest BCUT2D eigenvalue weighted by atomic mass is 10.1. The molecule has 0 unspecified atom stereocenters. The summed E-state index contributed by atoms with van der Waals surface area (Å²) in [5, 5.41) is 14.5. The second-order valence-corrected chi connectivity index (χ2v) is 8.20. The maximum Gasteiger partial charge on any atom is 0.230 e. The minimum absolute atomic E-state index is 0.0314. The van der Waals surface area contributed by atoms with Crippen molar-refractivity contribution in [3.63, 3.8) is 0 Å². The molecule has 1 aromatic carbocycles. The molecule has 0 bridgehead atoms. The largest absolute Gasteiger partial charge is 0.353 e. The van der Waals surface area contributed by atoms with Crippen molar-refractivity contribution in [2.24, 2.45) is 0 Å². The number of amides is 1. The molecule has 27 heavy (non-hydrogen) atoms. The maximum atomic E-state index is 12.3. The average molecular weight is 401 g/mol. The van der Waals surface area contributed by atoms with Crippen molar-refractivity contribution < 1.29 is 4.79 Å². The summed E-state index contributed by atoms with van der Waals surface area (Å²) < 4.78 is 2.06. The highest BCUT2D eigenvalue weighted by atomic mass is 32.2. The Balaban J connectivity index is 1.49. The predicted molar refractivity (Wildman–Crippen MR) is 112 cm³/mol. The average Bonchev–Trinajstić information content (AvgIpc) is 3.34. The topological polar surface area (TPSA) is 59.8 Å². The first-order valence-electron chi connectivity index (χ1n) is 9.10. The molecule has 0 fully saturated rings. The standard InChI is InChI=1S/C20H24N4OS2/c1-3-24-19(17-10-7-13-26-17)22-23-20(24)27-14-18(25)21-15(2)11-12-16-8-5-4-6-9-16/h4-10,13,15H,3,11-12,14H2,1-2H3,(H,21,25)/t15-/m1/s1. The van der Waals surface area contributed by atoms with Crippen LogP contribution in [0.2, 0.25) is 0 Å². The van der Waals surface area contributed by atoms with Crippen molar-refractivity contribution in [2.75, 3.05) is 5.75 Å². The molecular weight excluding hydrogens is 376 g/mol. The Hall–Kier alpha value is -2.12. The first-order chi connectivity index (χ1) is 13.2. The van der Waals surface area contributed by atoms with Gasteiger partial charge < -0.3 is 9.88 Å². The smallest absolute Gasteiger partial charge is 0.230 e. The van der Waals surface area contributed by atoms with Crippen LogP contribution in [0.15, 0.2) is 53.0 Å². The van der Waals surface area contributed by atoms with Crippen LogP contribution in [0.4, 0.5) is 0 Å². The number of aryl methyl sites for hydroxylation is 1. The van der Waals surface area contributed by atoms with Crippen molar-refractivity contribution in [1.29, 1.82) is 0 Å². The number of rotatable bonds is 9. The van der Waals surface area contributed by atoms with E-state index in [4.69, 9.17) is 0 Å². The molecule has 0 aliphatic heterocycles. The second-order valence-electron chi connectivity index (χ2n) is 6.31. The normalized spacial score (nSPS) is 12.1. The van der Waals surface area contributed by atoms with E-state index >= 15 is 0 Å². The number of aromatic nitrogens is 3. The third-order valence-corrected chi connectivity index (χ3v) is 6.06. The van der Waals surface area contributed by atoms with Gasteiger partial charge in [0.2, 0.25) is 5.91 Å². The van der Waals surface area contributed by atoms with E-state index in [0.29, 0.717) is 5.75 Å². The zero-order valence-corrected chi connectivity index (χ0v) is 17.2. The summed E-state index contributed by atoms with van der Waals surface area (Å²) in [6.07, 6.45) is 1.89. The molecule has 3 aromatic rings. The van der Waals surface area contributed by atoms with E-state index in [2.05, 4.69) is 46.1 Å². The van der Waals surface area contributed by atoms with Gasteiger partial charge in [-0.05, 0) is 43.7 Å².